The maximum atomic E-state index is 11.9. The van der Waals surface area contributed by atoms with E-state index in [-0.39, 0.29) is 5.75 Å². The summed E-state index contributed by atoms with van der Waals surface area (Å²) >= 11 is 0. The first-order chi connectivity index (χ1) is 7.33. The zero-order valence-electron chi connectivity index (χ0n) is 9.59. The smallest absolute Gasteiger partial charge is 0.307 e. The lowest BCUT2D eigenvalue weighted by molar-refractivity contribution is -0.140. The summed E-state index contributed by atoms with van der Waals surface area (Å²) in [5, 5.41) is 8.69. The van der Waals surface area contributed by atoms with Gasteiger partial charge in [0.15, 0.2) is 0 Å². The molecule has 1 aliphatic heterocycles. The maximum absolute atomic E-state index is 11.9. The Morgan fingerprint density at radius 2 is 1.81 bits per heavy atom. The molecule has 7 heteroatoms. The SMILES string of the molecule is CC(CS(=O)(=O)N1CCN(C)CC1)C(=O)O. The van der Waals surface area contributed by atoms with E-state index in [1.165, 1.54) is 11.2 Å². The molecule has 0 aromatic carbocycles. The maximum Gasteiger partial charge on any atom is 0.307 e. The van der Waals surface area contributed by atoms with Crippen molar-refractivity contribution < 1.29 is 18.3 Å². The van der Waals surface area contributed by atoms with Gasteiger partial charge in [0.25, 0.3) is 0 Å². The lowest BCUT2D eigenvalue weighted by Gasteiger charge is -2.31. The number of sulfonamides is 1. The molecule has 1 fully saturated rings. The van der Waals surface area contributed by atoms with Crippen molar-refractivity contribution in [3.05, 3.63) is 0 Å². The Bertz CT molecular complexity index is 347. The van der Waals surface area contributed by atoms with Crippen LogP contribution in [-0.2, 0) is 14.8 Å². The molecule has 6 nitrogen and oxygen atoms in total. The van der Waals surface area contributed by atoms with E-state index in [2.05, 4.69) is 0 Å². The first-order valence-electron chi connectivity index (χ1n) is 5.22. The van der Waals surface area contributed by atoms with Gasteiger partial charge in [0, 0.05) is 26.2 Å². The van der Waals surface area contributed by atoms with E-state index >= 15 is 0 Å². The van der Waals surface area contributed by atoms with Crippen molar-refractivity contribution in [2.24, 2.45) is 5.92 Å². The molecular weight excluding hydrogens is 232 g/mol. The summed E-state index contributed by atoms with van der Waals surface area (Å²) < 4.78 is 25.1. The third-order valence-electron chi connectivity index (χ3n) is 2.74. The second-order valence-corrected chi connectivity index (χ2v) is 6.23. The fourth-order valence-electron chi connectivity index (χ4n) is 1.56. The summed E-state index contributed by atoms with van der Waals surface area (Å²) in [5.41, 5.74) is 0. The summed E-state index contributed by atoms with van der Waals surface area (Å²) in [5.74, 6) is -2.24. The highest BCUT2D eigenvalue weighted by atomic mass is 32.2. The Morgan fingerprint density at radius 3 is 2.25 bits per heavy atom. The fourth-order valence-corrected chi connectivity index (χ4v) is 3.26. The number of hydrogen-bond donors (Lipinski definition) is 1. The number of hydrogen-bond acceptors (Lipinski definition) is 4. The molecule has 0 spiro atoms. The van der Waals surface area contributed by atoms with E-state index in [9.17, 15) is 13.2 Å². The Balaban J connectivity index is 2.60. The minimum Gasteiger partial charge on any atom is -0.481 e. The molecule has 1 saturated heterocycles. The zero-order chi connectivity index (χ0) is 12.3. The summed E-state index contributed by atoms with van der Waals surface area (Å²) in [4.78, 5) is 12.7. The van der Waals surface area contributed by atoms with Gasteiger partial charge in [-0.25, -0.2) is 8.42 Å². The van der Waals surface area contributed by atoms with Gasteiger partial charge in [-0.3, -0.25) is 4.79 Å². The van der Waals surface area contributed by atoms with Gasteiger partial charge < -0.3 is 10.0 Å². The van der Waals surface area contributed by atoms with Crippen molar-refractivity contribution in [3.8, 4) is 0 Å². The van der Waals surface area contributed by atoms with E-state index in [1.54, 1.807) is 0 Å². The predicted molar refractivity (Wildman–Crippen MR) is 59.7 cm³/mol. The number of piperazine rings is 1. The minimum atomic E-state index is -3.43. The quantitative estimate of drug-likeness (QED) is 0.713. The third-order valence-corrected chi connectivity index (χ3v) is 4.81. The van der Waals surface area contributed by atoms with Crippen LogP contribution in [0.4, 0.5) is 0 Å². The average molecular weight is 250 g/mol. The number of carbonyl (C=O) groups is 1. The van der Waals surface area contributed by atoms with Gasteiger partial charge in [-0.15, -0.1) is 0 Å². The zero-order valence-corrected chi connectivity index (χ0v) is 10.4. The molecule has 94 valence electrons. The average Bonchev–Trinajstić information content (AvgIpc) is 2.17. The molecule has 0 aliphatic carbocycles. The van der Waals surface area contributed by atoms with E-state index < -0.39 is 21.9 Å². The largest absolute Gasteiger partial charge is 0.481 e. The monoisotopic (exact) mass is 250 g/mol. The molecule has 1 unspecified atom stereocenters. The van der Waals surface area contributed by atoms with E-state index in [1.807, 2.05) is 11.9 Å². The molecule has 1 rings (SSSR count). The molecule has 0 bridgehead atoms. The number of rotatable bonds is 4. The molecule has 1 atom stereocenters. The van der Waals surface area contributed by atoms with Crippen LogP contribution in [0.5, 0.6) is 0 Å². The van der Waals surface area contributed by atoms with Crippen LogP contribution in [0.3, 0.4) is 0 Å². The minimum absolute atomic E-state index is 0.313. The van der Waals surface area contributed by atoms with Crippen molar-refractivity contribution in [1.29, 1.82) is 0 Å². The van der Waals surface area contributed by atoms with Crippen LogP contribution in [-0.4, -0.2) is 67.7 Å². The van der Waals surface area contributed by atoms with Crippen LogP contribution in [0.2, 0.25) is 0 Å². The molecule has 0 amide bonds. The number of carboxylic acid groups (broad SMARTS) is 1. The van der Waals surface area contributed by atoms with Gasteiger partial charge in [0.2, 0.25) is 10.0 Å². The number of aliphatic carboxylic acids is 1. The number of carboxylic acids is 1. The standard InChI is InChI=1S/C9H18N2O4S/c1-8(9(12)13)7-16(14,15)11-5-3-10(2)4-6-11/h8H,3-7H2,1-2H3,(H,12,13). The third kappa shape index (κ3) is 3.43. The second kappa shape index (κ2) is 5.11. The van der Waals surface area contributed by atoms with Crippen molar-refractivity contribution in [3.63, 3.8) is 0 Å². The van der Waals surface area contributed by atoms with Crippen molar-refractivity contribution in [1.82, 2.24) is 9.21 Å². The Kier molecular flexibility index (Phi) is 4.28. The molecule has 1 heterocycles. The Hall–Kier alpha value is -0.660. The highest BCUT2D eigenvalue weighted by molar-refractivity contribution is 7.89. The van der Waals surface area contributed by atoms with E-state index in [4.69, 9.17) is 5.11 Å². The first-order valence-corrected chi connectivity index (χ1v) is 6.83. The normalized spacial score (nSPS) is 21.9. The Labute approximate surface area is 95.9 Å². The van der Waals surface area contributed by atoms with Crippen molar-refractivity contribution in [2.45, 2.75) is 6.92 Å². The summed E-state index contributed by atoms with van der Waals surface area (Å²) in [6.45, 7) is 3.70. The van der Waals surface area contributed by atoms with E-state index in [0.717, 1.165) is 0 Å². The van der Waals surface area contributed by atoms with Gasteiger partial charge in [-0.2, -0.15) is 4.31 Å². The highest BCUT2D eigenvalue weighted by Gasteiger charge is 2.29. The predicted octanol–water partition coefficient (Wildman–Crippen LogP) is -0.716. The molecule has 1 aliphatic rings. The van der Waals surface area contributed by atoms with Crippen molar-refractivity contribution in [2.75, 3.05) is 39.0 Å². The molecule has 1 N–H and O–H groups in total. The summed E-state index contributed by atoms with van der Waals surface area (Å²) in [6, 6.07) is 0. The van der Waals surface area contributed by atoms with Gasteiger partial charge in [-0.1, -0.05) is 6.92 Å². The van der Waals surface area contributed by atoms with Crippen LogP contribution < -0.4 is 0 Å². The lowest BCUT2D eigenvalue weighted by Crippen LogP contribution is -2.48. The Morgan fingerprint density at radius 1 is 1.31 bits per heavy atom. The summed E-state index contributed by atoms with van der Waals surface area (Å²) in [6.07, 6.45) is 0. The second-order valence-electron chi connectivity index (χ2n) is 4.22. The number of likely N-dealkylation sites (N-methyl/N-ethyl adjacent to an activating group) is 1. The van der Waals surface area contributed by atoms with Crippen LogP contribution in [0.1, 0.15) is 6.92 Å². The van der Waals surface area contributed by atoms with Crippen LogP contribution in [0.15, 0.2) is 0 Å². The van der Waals surface area contributed by atoms with Gasteiger partial charge in [0.1, 0.15) is 0 Å². The molecule has 0 radical (unpaired) electrons. The first kappa shape index (κ1) is 13.4. The van der Waals surface area contributed by atoms with Crippen LogP contribution >= 0.6 is 0 Å². The molecule has 16 heavy (non-hydrogen) atoms. The lowest BCUT2D eigenvalue weighted by atomic mass is 10.2. The molecular formula is C9H18N2O4S. The van der Waals surface area contributed by atoms with Crippen LogP contribution in [0.25, 0.3) is 0 Å². The fraction of sp³-hybridized carbons (Fsp3) is 0.889. The molecule has 0 aromatic rings. The van der Waals surface area contributed by atoms with Gasteiger partial charge in [-0.05, 0) is 7.05 Å². The molecule has 0 aromatic heterocycles. The topological polar surface area (TPSA) is 77.9 Å². The highest BCUT2D eigenvalue weighted by Crippen LogP contribution is 2.10. The molecule has 0 saturated carbocycles. The number of nitrogens with zero attached hydrogens (tertiary/aromatic N) is 2. The summed E-state index contributed by atoms with van der Waals surface area (Å²) in [7, 11) is -1.49. The van der Waals surface area contributed by atoms with Crippen LogP contribution in [0, 0.1) is 5.92 Å². The van der Waals surface area contributed by atoms with Crippen molar-refractivity contribution >= 4 is 16.0 Å². The van der Waals surface area contributed by atoms with Gasteiger partial charge in [0.05, 0.1) is 11.7 Å². The van der Waals surface area contributed by atoms with E-state index in [0.29, 0.717) is 26.2 Å². The van der Waals surface area contributed by atoms with Gasteiger partial charge >= 0.3 is 5.97 Å².